The van der Waals surface area contributed by atoms with Crippen molar-refractivity contribution in [2.45, 2.75) is 38.1 Å². The third-order valence-electron chi connectivity index (χ3n) is 3.58. The Morgan fingerprint density at radius 1 is 1.05 bits per heavy atom. The molecule has 5 nitrogen and oxygen atoms in total. The fourth-order valence-corrected chi connectivity index (χ4v) is 2.71. The number of hydrogen-bond donors (Lipinski definition) is 1. The summed E-state index contributed by atoms with van der Waals surface area (Å²) in [5.41, 5.74) is 0. The first-order valence-electron chi connectivity index (χ1n) is 6.89. The van der Waals surface area contributed by atoms with Crippen LogP contribution in [0.2, 0.25) is 5.28 Å². The van der Waals surface area contributed by atoms with Crippen molar-refractivity contribution >= 4 is 23.5 Å². The lowest BCUT2D eigenvalue weighted by Gasteiger charge is -2.26. The number of rotatable bonds is 3. The molecule has 1 aliphatic heterocycles. The zero-order chi connectivity index (χ0) is 13.1. The van der Waals surface area contributed by atoms with Gasteiger partial charge in [-0.05, 0) is 43.7 Å². The second-order valence-corrected chi connectivity index (χ2v) is 5.40. The average molecular weight is 280 g/mol. The molecule has 0 atom stereocenters. The summed E-state index contributed by atoms with van der Waals surface area (Å²) in [6.45, 7) is 2.01. The molecular formula is C13H18ClN5. The van der Waals surface area contributed by atoms with E-state index in [0.717, 1.165) is 25.9 Å². The van der Waals surface area contributed by atoms with Crippen molar-refractivity contribution < 1.29 is 0 Å². The first kappa shape index (κ1) is 12.7. The number of halogens is 1. The molecule has 0 saturated carbocycles. The maximum absolute atomic E-state index is 6.01. The normalized spacial score (nSPS) is 19.9. The summed E-state index contributed by atoms with van der Waals surface area (Å²) in [5, 5.41) is 3.59. The average Bonchev–Trinajstić information content (AvgIpc) is 2.92. The van der Waals surface area contributed by atoms with Crippen LogP contribution >= 0.6 is 11.6 Å². The van der Waals surface area contributed by atoms with Crippen molar-refractivity contribution in [3.63, 3.8) is 0 Å². The number of piperidine rings is 1. The lowest BCUT2D eigenvalue weighted by molar-refractivity contribution is 0.567. The van der Waals surface area contributed by atoms with Crippen LogP contribution in [0.1, 0.15) is 32.1 Å². The van der Waals surface area contributed by atoms with Gasteiger partial charge in [0.15, 0.2) is 0 Å². The van der Waals surface area contributed by atoms with Crippen molar-refractivity contribution in [3.05, 3.63) is 17.4 Å². The van der Waals surface area contributed by atoms with Gasteiger partial charge in [0.25, 0.3) is 0 Å². The van der Waals surface area contributed by atoms with Gasteiger partial charge in [0.05, 0.1) is 0 Å². The molecule has 0 unspecified atom stereocenters. The van der Waals surface area contributed by atoms with Gasteiger partial charge in [-0.1, -0.05) is 12.2 Å². The van der Waals surface area contributed by atoms with Crippen LogP contribution < -0.4 is 10.2 Å². The van der Waals surface area contributed by atoms with E-state index in [2.05, 4.69) is 37.3 Å². The monoisotopic (exact) mass is 279 g/mol. The van der Waals surface area contributed by atoms with Gasteiger partial charge in [-0.25, -0.2) is 0 Å². The van der Waals surface area contributed by atoms with Crippen LogP contribution in [0.3, 0.4) is 0 Å². The minimum Gasteiger partial charge on any atom is -0.351 e. The van der Waals surface area contributed by atoms with Gasteiger partial charge in [0.2, 0.25) is 17.2 Å². The Balaban J connectivity index is 1.74. The lowest BCUT2D eigenvalue weighted by Crippen LogP contribution is -2.31. The van der Waals surface area contributed by atoms with Crippen LogP contribution in [0.15, 0.2) is 12.2 Å². The second-order valence-electron chi connectivity index (χ2n) is 5.06. The third kappa shape index (κ3) is 3.15. The van der Waals surface area contributed by atoms with Gasteiger partial charge in [-0.3, -0.25) is 0 Å². The largest absolute Gasteiger partial charge is 0.351 e. The number of hydrogen-bond acceptors (Lipinski definition) is 5. The zero-order valence-corrected chi connectivity index (χ0v) is 11.6. The minimum atomic E-state index is 0.268. The Kier molecular flexibility index (Phi) is 3.82. The summed E-state index contributed by atoms with van der Waals surface area (Å²) in [5.74, 6) is 1.29. The number of nitrogens with zero attached hydrogens (tertiary/aromatic N) is 4. The molecule has 0 radical (unpaired) electrons. The standard InChI is InChI=1S/C13H18ClN5/c14-11-16-12(15-10-6-2-3-7-10)18-13(17-11)19-8-4-1-5-9-19/h2-3,10H,1,4-9H2,(H,15,16,17,18). The van der Waals surface area contributed by atoms with E-state index in [1.807, 2.05) is 0 Å². The number of nitrogens with one attached hydrogen (secondary N) is 1. The maximum Gasteiger partial charge on any atom is 0.231 e. The highest BCUT2D eigenvalue weighted by atomic mass is 35.5. The summed E-state index contributed by atoms with van der Waals surface area (Å²) in [4.78, 5) is 15.1. The molecule has 1 aromatic heterocycles. The summed E-state index contributed by atoms with van der Waals surface area (Å²) in [7, 11) is 0. The Bertz CT molecular complexity index is 462. The molecule has 19 heavy (non-hydrogen) atoms. The van der Waals surface area contributed by atoms with E-state index in [-0.39, 0.29) is 5.28 Å². The van der Waals surface area contributed by atoms with Gasteiger partial charge in [0.1, 0.15) is 0 Å². The fraction of sp³-hybridized carbons (Fsp3) is 0.615. The van der Waals surface area contributed by atoms with Gasteiger partial charge in [-0.2, -0.15) is 15.0 Å². The van der Waals surface area contributed by atoms with Gasteiger partial charge >= 0.3 is 0 Å². The van der Waals surface area contributed by atoms with Crippen molar-refractivity contribution in [3.8, 4) is 0 Å². The van der Waals surface area contributed by atoms with Gasteiger partial charge < -0.3 is 10.2 Å². The minimum absolute atomic E-state index is 0.268. The van der Waals surface area contributed by atoms with Crippen LogP contribution in [0, 0.1) is 0 Å². The lowest BCUT2D eigenvalue weighted by atomic mass is 10.1. The van der Waals surface area contributed by atoms with Crippen LogP contribution in [-0.2, 0) is 0 Å². The summed E-state index contributed by atoms with van der Waals surface area (Å²) < 4.78 is 0. The Morgan fingerprint density at radius 3 is 2.53 bits per heavy atom. The Hall–Kier alpha value is -1.36. The van der Waals surface area contributed by atoms with E-state index in [1.54, 1.807) is 0 Å². The molecule has 0 aromatic carbocycles. The third-order valence-corrected chi connectivity index (χ3v) is 3.75. The molecule has 102 valence electrons. The Labute approximate surface area is 118 Å². The SMILES string of the molecule is Clc1nc(NC2CC=CC2)nc(N2CCCCC2)n1. The predicted octanol–water partition coefficient (Wildman–Crippen LogP) is 2.65. The Morgan fingerprint density at radius 2 is 1.79 bits per heavy atom. The molecule has 0 bridgehead atoms. The molecule has 1 fully saturated rings. The summed E-state index contributed by atoms with van der Waals surface area (Å²) >= 11 is 6.01. The molecule has 3 rings (SSSR count). The van der Waals surface area contributed by atoms with E-state index < -0.39 is 0 Å². The predicted molar refractivity (Wildman–Crippen MR) is 76.7 cm³/mol. The van der Waals surface area contributed by atoms with Crippen LogP contribution in [0.25, 0.3) is 0 Å². The zero-order valence-electron chi connectivity index (χ0n) is 10.8. The highest BCUT2D eigenvalue weighted by Crippen LogP contribution is 2.20. The van der Waals surface area contributed by atoms with Crippen LogP contribution in [0.4, 0.5) is 11.9 Å². The van der Waals surface area contributed by atoms with E-state index in [4.69, 9.17) is 11.6 Å². The van der Waals surface area contributed by atoms with E-state index in [9.17, 15) is 0 Å². The van der Waals surface area contributed by atoms with E-state index >= 15 is 0 Å². The highest BCUT2D eigenvalue weighted by molar-refractivity contribution is 6.28. The van der Waals surface area contributed by atoms with Crippen molar-refractivity contribution in [2.24, 2.45) is 0 Å². The fourth-order valence-electron chi connectivity index (χ4n) is 2.56. The van der Waals surface area contributed by atoms with Crippen LogP contribution in [-0.4, -0.2) is 34.1 Å². The van der Waals surface area contributed by atoms with E-state index in [0.29, 0.717) is 17.9 Å². The number of anilines is 2. The molecule has 2 heterocycles. The highest BCUT2D eigenvalue weighted by Gasteiger charge is 2.17. The molecule has 1 aliphatic carbocycles. The molecule has 1 saturated heterocycles. The molecule has 1 N–H and O–H groups in total. The molecule has 1 aromatic rings. The van der Waals surface area contributed by atoms with Gasteiger partial charge in [0, 0.05) is 19.1 Å². The first-order chi connectivity index (χ1) is 9.31. The first-order valence-corrected chi connectivity index (χ1v) is 7.27. The quantitative estimate of drug-likeness (QED) is 0.862. The molecule has 0 amide bonds. The van der Waals surface area contributed by atoms with Gasteiger partial charge in [-0.15, -0.1) is 0 Å². The van der Waals surface area contributed by atoms with Crippen molar-refractivity contribution in [1.82, 2.24) is 15.0 Å². The molecule has 2 aliphatic rings. The van der Waals surface area contributed by atoms with E-state index in [1.165, 1.54) is 19.3 Å². The molecule has 0 spiro atoms. The van der Waals surface area contributed by atoms with Crippen molar-refractivity contribution in [2.75, 3.05) is 23.3 Å². The molecule has 6 heteroatoms. The topological polar surface area (TPSA) is 53.9 Å². The smallest absolute Gasteiger partial charge is 0.231 e. The number of aromatic nitrogens is 3. The maximum atomic E-state index is 6.01. The summed E-state index contributed by atoms with van der Waals surface area (Å²) in [6.07, 6.45) is 10.0. The van der Waals surface area contributed by atoms with Crippen LogP contribution in [0.5, 0.6) is 0 Å². The molecular weight excluding hydrogens is 262 g/mol. The van der Waals surface area contributed by atoms with Crippen molar-refractivity contribution in [1.29, 1.82) is 0 Å². The summed E-state index contributed by atoms with van der Waals surface area (Å²) in [6, 6.07) is 0.382. The second kappa shape index (κ2) is 5.74.